The molecule has 0 unspecified atom stereocenters. The Kier molecular flexibility index (Phi) is 11.5. The Morgan fingerprint density at radius 3 is 2.61 bits per heavy atom. The zero-order valence-electron chi connectivity index (χ0n) is 33.2. The number of carbonyl (C=O) groups is 1. The molecule has 2 aromatic carbocycles. The Morgan fingerprint density at radius 1 is 1.07 bits per heavy atom. The number of rotatable bonds is 5. The van der Waals surface area contributed by atoms with E-state index in [2.05, 4.69) is 71.4 Å². The van der Waals surface area contributed by atoms with Crippen LogP contribution < -0.4 is 14.4 Å². The number of hydrogen-bond acceptors (Lipinski definition) is 8. The van der Waals surface area contributed by atoms with Gasteiger partial charge < -0.3 is 14.4 Å². The van der Waals surface area contributed by atoms with Gasteiger partial charge in [-0.15, -0.1) is 0 Å². The number of hydrogen-bond donors (Lipinski definition) is 1. The number of sulfonamides is 1. The van der Waals surface area contributed by atoms with E-state index in [-0.39, 0.29) is 17.3 Å². The molecule has 2 aliphatic carbocycles. The van der Waals surface area contributed by atoms with Crippen LogP contribution in [-0.4, -0.2) is 99.5 Å². The molecule has 2 bridgehead atoms. The lowest BCUT2D eigenvalue weighted by Gasteiger charge is -2.53. The van der Waals surface area contributed by atoms with E-state index < -0.39 is 26.8 Å². The molecule has 296 valence electrons. The summed E-state index contributed by atoms with van der Waals surface area (Å²) in [6, 6.07) is 12.6. The van der Waals surface area contributed by atoms with Gasteiger partial charge in [-0.1, -0.05) is 36.7 Å². The standard InChI is InChI=1S/C43H61ClN4O5S/c1-7-53-43(27-46-20-21-48(29(2)3)31(5)24-46)19-8-10-30(4)32(6)54(50,51)45-41(49)34-13-17-40-39(23-34)47(25-35-12-15-38(35)43)26-42(28-52-40)18-9-11-33-22-36(44)14-16-37(33)42/h8,13-14,16-17,19,22-23,29-32,35,38H,7,9-12,15,18,20-21,24-28H2,1-6H3,(H,45,49)/b19-8-/t30-,31+,32+,35-,38+,42-,43-/m0/s1. The van der Waals surface area contributed by atoms with Crippen LogP contribution >= 0.6 is 11.6 Å². The second-order valence-electron chi connectivity index (χ2n) is 17.3. The van der Waals surface area contributed by atoms with Gasteiger partial charge >= 0.3 is 0 Å². The van der Waals surface area contributed by atoms with Crippen molar-refractivity contribution in [1.82, 2.24) is 14.5 Å². The predicted octanol–water partition coefficient (Wildman–Crippen LogP) is 7.07. The third kappa shape index (κ3) is 7.71. The van der Waals surface area contributed by atoms with Crippen LogP contribution in [0.2, 0.25) is 5.02 Å². The fraction of sp³-hybridized carbons (Fsp3) is 0.651. The van der Waals surface area contributed by atoms with Gasteiger partial charge in [0.05, 0.1) is 17.5 Å². The van der Waals surface area contributed by atoms with Crippen molar-refractivity contribution in [2.24, 2.45) is 17.8 Å². The number of anilines is 1. The summed E-state index contributed by atoms with van der Waals surface area (Å²) in [4.78, 5) is 21.3. The number of carbonyl (C=O) groups excluding carboxylic acids is 1. The van der Waals surface area contributed by atoms with Crippen molar-refractivity contribution in [2.45, 2.75) is 108 Å². The van der Waals surface area contributed by atoms with Gasteiger partial charge in [0.1, 0.15) is 11.4 Å². The molecule has 3 aliphatic heterocycles. The second-order valence-corrected chi connectivity index (χ2v) is 19.8. The molecule has 0 radical (unpaired) electrons. The summed E-state index contributed by atoms with van der Waals surface area (Å²) in [7, 11) is -3.96. The van der Waals surface area contributed by atoms with E-state index in [9.17, 15) is 13.2 Å². The zero-order chi connectivity index (χ0) is 38.4. The highest BCUT2D eigenvalue weighted by molar-refractivity contribution is 7.90. The van der Waals surface area contributed by atoms with Crippen molar-refractivity contribution in [3.63, 3.8) is 0 Å². The normalized spacial score (nSPS) is 33.9. The van der Waals surface area contributed by atoms with E-state index in [4.69, 9.17) is 21.1 Å². The molecule has 3 heterocycles. The average molecular weight is 782 g/mol. The minimum atomic E-state index is -3.96. The van der Waals surface area contributed by atoms with Gasteiger partial charge in [-0.05, 0) is 132 Å². The Bertz CT molecular complexity index is 1840. The van der Waals surface area contributed by atoms with E-state index in [1.165, 1.54) is 11.1 Å². The maximum Gasteiger partial charge on any atom is 0.264 e. The fourth-order valence-corrected chi connectivity index (χ4v) is 11.8. The number of nitrogens with one attached hydrogen (secondary N) is 1. The highest BCUT2D eigenvalue weighted by Crippen LogP contribution is 2.49. The van der Waals surface area contributed by atoms with E-state index in [1.807, 2.05) is 25.1 Å². The van der Waals surface area contributed by atoms with Gasteiger partial charge in [0.15, 0.2) is 0 Å². The van der Waals surface area contributed by atoms with Crippen LogP contribution in [0.3, 0.4) is 0 Å². The Labute approximate surface area is 328 Å². The molecule has 54 heavy (non-hydrogen) atoms. The van der Waals surface area contributed by atoms with Crippen LogP contribution in [0.4, 0.5) is 5.69 Å². The number of nitrogens with zero attached hydrogens (tertiary/aromatic N) is 3. The van der Waals surface area contributed by atoms with Gasteiger partial charge in [0, 0.05) is 74.0 Å². The smallest absolute Gasteiger partial charge is 0.264 e. The third-order valence-electron chi connectivity index (χ3n) is 13.5. The highest BCUT2D eigenvalue weighted by atomic mass is 35.5. The number of piperazine rings is 1. The Morgan fingerprint density at radius 2 is 1.89 bits per heavy atom. The van der Waals surface area contributed by atoms with Crippen molar-refractivity contribution in [3.8, 4) is 5.75 Å². The predicted molar refractivity (Wildman–Crippen MR) is 217 cm³/mol. The molecule has 7 atom stereocenters. The molecule has 9 nitrogen and oxygen atoms in total. The summed E-state index contributed by atoms with van der Waals surface area (Å²) < 4.78 is 43.5. The van der Waals surface area contributed by atoms with Crippen molar-refractivity contribution in [1.29, 1.82) is 0 Å². The van der Waals surface area contributed by atoms with Gasteiger partial charge in [0.2, 0.25) is 10.0 Å². The van der Waals surface area contributed by atoms with Crippen LogP contribution in [0, 0.1) is 17.8 Å². The molecule has 1 saturated carbocycles. The summed E-state index contributed by atoms with van der Waals surface area (Å²) in [5.41, 5.74) is 2.93. The van der Waals surface area contributed by atoms with Gasteiger partial charge in [0.25, 0.3) is 5.91 Å². The Balaban J connectivity index is 1.31. The molecule has 7 rings (SSSR count). The lowest BCUT2D eigenvalue weighted by molar-refractivity contribution is -0.115. The summed E-state index contributed by atoms with van der Waals surface area (Å²) >= 11 is 6.52. The number of amides is 1. The molecule has 2 fully saturated rings. The lowest BCUT2D eigenvalue weighted by Crippen LogP contribution is -2.61. The first kappa shape index (κ1) is 39.6. The number of halogens is 1. The summed E-state index contributed by atoms with van der Waals surface area (Å²) in [5.74, 6) is 0.503. The molecule has 1 N–H and O–H groups in total. The molecule has 11 heteroatoms. The maximum absolute atomic E-state index is 13.7. The Hall–Kier alpha value is -2.63. The van der Waals surface area contributed by atoms with Crippen LogP contribution in [-0.2, 0) is 26.6 Å². The topological polar surface area (TPSA) is 91.4 Å². The van der Waals surface area contributed by atoms with E-state index in [1.54, 1.807) is 13.0 Å². The minimum Gasteiger partial charge on any atom is -0.490 e. The number of ether oxygens (including phenoxy) is 2. The van der Waals surface area contributed by atoms with Crippen LogP contribution in [0.1, 0.15) is 95.1 Å². The van der Waals surface area contributed by atoms with Crippen LogP contribution in [0.5, 0.6) is 5.75 Å². The van der Waals surface area contributed by atoms with Crippen molar-refractivity contribution in [3.05, 3.63) is 70.3 Å². The molecule has 1 spiro atoms. The number of aryl methyl sites for hydroxylation is 1. The van der Waals surface area contributed by atoms with E-state index in [0.29, 0.717) is 43.2 Å². The molecule has 2 aromatic rings. The molecular weight excluding hydrogens is 720 g/mol. The van der Waals surface area contributed by atoms with Gasteiger partial charge in [-0.2, -0.15) is 0 Å². The monoisotopic (exact) mass is 780 g/mol. The number of benzene rings is 2. The highest BCUT2D eigenvalue weighted by Gasteiger charge is 2.50. The zero-order valence-corrected chi connectivity index (χ0v) is 34.7. The van der Waals surface area contributed by atoms with Gasteiger partial charge in [-0.3, -0.25) is 14.6 Å². The van der Waals surface area contributed by atoms with Crippen molar-refractivity contribution >= 4 is 33.2 Å². The fourth-order valence-electron chi connectivity index (χ4n) is 10.3. The SMILES string of the molecule is CCO[C@]1(CN2CCN(C(C)C)[C@H](C)C2)/C=C\C[C@H](C)[C@@H](C)S(=O)(=O)NC(=O)c2ccc3c(c2)N(C[C@@H]2CC[C@H]21)C[C@@]1(CCCc2cc(Cl)ccc21)CO3. The second kappa shape index (κ2) is 15.7. The van der Waals surface area contributed by atoms with Gasteiger partial charge in [-0.25, -0.2) is 13.1 Å². The number of fused-ring (bicyclic) bond motifs is 4. The molecule has 1 saturated heterocycles. The minimum absolute atomic E-state index is 0.217. The molecule has 1 amide bonds. The summed E-state index contributed by atoms with van der Waals surface area (Å²) in [6.45, 7) is 19.1. The van der Waals surface area contributed by atoms with E-state index >= 15 is 0 Å². The quantitative estimate of drug-likeness (QED) is 0.323. The third-order valence-corrected chi connectivity index (χ3v) is 15.7. The van der Waals surface area contributed by atoms with E-state index in [0.717, 1.165) is 87.8 Å². The molecule has 0 aromatic heterocycles. The number of allylic oxidation sites excluding steroid dienone is 1. The van der Waals surface area contributed by atoms with Crippen molar-refractivity contribution in [2.75, 3.05) is 57.4 Å². The van der Waals surface area contributed by atoms with Crippen LogP contribution in [0.15, 0.2) is 48.6 Å². The lowest BCUT2D eigenvalue weighted by atomic mass is 9.63. The molecular formula is C43H61ClN4O5S. The van der Waals surface area contributed by atoms with Crippen molar-refractivity contribution < 1.29 is 22.7 Å². The summed E-state index contributed by atoms with van der Waals surface area (Å²) in [6.07, 6.45) is 10.2. The first-order chi connectivity index (χ1) is 25.7. The first-order valence-corrected chi connectivity index (χ1v) is 22.3. The first-order valence-electron chi connectivity index (χ1n) is 20.4. The average Bonchev–Trinajstić information content (AvgIpc) is 3.25. The maximum atomic E-state index is 13.7. The largest absolute Gasteiger partial charge is 0.490 e. The van der Waals surface area contributed by atoms with Crippen LogP contribution in [0.25, 0.3) is 0 Å². The summed E-state index contributed by atoms with van der Waals surface area (Å²) in [5, 5.41) is -0.0251. The molecule has 5 aliphatic rings.